The summed E-state index contributed by atoms with van der Waals surface area (Å²) in [6.07, 6.45) is 4.19. The van der Waals surface area contributed by atoms with Gasteiger partial charge in [-0.05, 0) is 32.6 Å². The number of urea groups is 1. The summed E-state index contributed by atoms with van der Waals surface area (Å²) in [5.41, 5.74) is -0.654. The lowest BCUT2D eigenvalue weighted by Gasteiger charge is -2.38. The maximum atomic E-state index is 12.9. The second-order valence-electron chi connectivity index (χ2n) is 7.22. The van der Waals surface area contributed by atoms with Crippen LogP contribution in [0.25, 0.3) is 0 Å². The van der Waals surface area contributed by atoms with E-state index < -0.39 is 5.54 Å². The molecule has 0 radical (unpaired) electrons. The third kappa shape index (κ3) is 2.63. The van der Waals surface area contributed by atoms with E-state index in [-0.39, 0.29) is 30.1 Å². The minimum atomic E-state index is -0.654. The largest absolute Gasteiger partial charge is 0.373 e. The molecule has 3 rings (SSSR count). The van der Waals surface area contributed by atoms with Gasteiger partial charge in [-0.2, -0.15) is 0 Å². The molecule has 6 heteroatoms. The fraction of sp³-hybridized carbons (Fsp3) is 0.875. The molecule has 1 saturated carbocycles. The average molecular weight is 309 g/mol. The Morgan fingerprint density at radius 2 is 1.86 bits per heavy atom. The fourth-order valence-corrected chi connectivity index (χ4v) is 4.22. The molecule has 124 valence electrons. The lowest BCUT2D eigenvalue weighted by molar-refractivity contribution is -0.138. The van der Waals surface area contributed by atoms with Crippen LogP contribution < -0.4 is 5.32 Å². The minimum absolute atomic E-state index is 0.0310. The second kappa shape index (κ2) is 5.81. The van der Waals surface area contributed by atoms with Crippen LogP contribution in [0.3, 0.4) is 0 Å². The summed E-state index contributed by atoms with van der Waals surface area (Å²) in [6, 6.07) is -0.231. The van der Waals surface area contributed by atoms with Crippen molar-refractivity contribution in [2.75, 3.05) is 19.8 Å². The van der Waals surface area contributed by atoms with E-state index in [1.54, 1.807) is 0 Å². The second-order valence-corrected chi connectivity index (χ2v) is 7.22. The van der Waals surface area contributed by atoms with Crippen molar-refractivity contribution in [2.45, 2.75) is 64.2 Å². The van der Waals surface area contributed by atoms with Gasteiger partial charge in [-0.25, -0.2) is 9.69 Å². The predicted molar refractivity (Wildman–Crippen MR) is 82.2 cm³/mol. The first-order valence-corrected chi connectivity index (χ1v) is 8.44. The highest BCUT2D eigenvalue weighted by molar-refractivity contribution is 6.07. The number of carbonyl (C=O) groups is 2. The fourth-order valence-electron chi connectivity index (χ4n) is 4.22. The molecule has 2 saturated heterocycles. The Kier molecular flexibility index (Phi) is 4.16. The van der Waals surface area contributed by atoms with Crippen LogP contribution in [0.4, 0.5) is 4.79 Å². The molecule has 3 fully saturated rings. The van der Waals surface area contributed by atoms with E-state index in [1.165, 1.54) is 4.90 Å². The molecule has 3 amide bonds. The van der Waals surface area contributed by atoms with Crippen molar-refractivity contribution >= 4 is 11.9 Å². The van der Waals surface area contributed by atoms with Crippen LogP contribution in [0.2, 0.25) is 0 Å². The molecule has 2 heterocycles. The molecular weight excluding hydrogens is 282 g/mol. The monoisotopic (exact) mass is 309 g/mol. The maximum Gasteiger partial charge on any atom is 0.326 e. The molecule has 3 aliphatic rings. The first-order valence-electron chi connectivity index (χ1n) is 8.44. The van der Waals surface area contributed by atoms with Gasteiger partial charge in [-0.3, -0.25) is 9.69 Å². The summed E-state index contributed by atoms with van der Waals surface area (Å²) in [4.78, 5) is 28.9. The van der Waals surface area contributed by atoms with Gasteiger partial charge in [0.25, 0.3) is 5.91 Å². The van der Waals surface area contributed by atoms with Crippen LogP contribution in [-0.2, 0) is 9.53 Å². The smallest absolute Gasteiger partial charge is 0.326 e. The normalized spacial score (nSPS) is 40.3. The van der Waals surface area contributed by atoms with Crippen molar-refractivity contribution in [2.24, 2.45) is 5.92 Å². The molecule has 22 heavy (non-hydrogen) atoms. The number of rotatable bonds is 2. The van der Waals surface area contributed by atoms with Gasteiger partial charge in [0, 0.05) is 13.1 Å². The topological polar surface area (TPSA) is 61.9 Å². The van der Waals surface area contributed by atoms with Crippen LogP contribution in [0.1, 0.15) is 46.5 Å². The molecule has 4 atom stereocenters. The highest BCUT2D eigenvalue weighted by atomic mass is 16.5. The maximum absolute atomic E-state index is 12.9. The van der Waals surface area contributed by atoms with Crippen molar-refractivity contribution in [1.82, 2.24) is 15.1 Å². The zero-order valence-electron chi connectivity index (χ0n) is 13.8. The van der Waals surface area contributed by atoms with Crippen LogP contribution >= 0.6 is 0 Å². The number of imide groups is 1. The van der Waals surface area contributed by atoms with Gasteiger partial charge in [0.2, 0.25) is 0 Å². The third-order valence-corrected chi connectivity index (χ3v) is 5.34. The molecule has 1 aliphatic carbocycles. The Balaban J connectivity index is 1.72. The van der Waals surface area contributed by atoms with Crippen LogP contribution in [0.5, 0.6) is 0 Å². The predicted octanol–water partition coefficient (Wildman–Crippen LogP) is 1.55. The minimum Gasteiger partial charge on any atom is -0.373 e. The number of carbonyl (C=O) groups excluding carboxylic acids is 2. The lowest BCUT2D eigenvalue weighted by atomic mass is 9.73. The van der Waals surface area contributed by atoms with E-state index in [0.717, 1.165) is 38.8 Å². The number of hydrogen-bond acceptors (Lipinski definition) is 4. The van der Waals surface area contributed by atoms with Crippen LogP contribution in [0.15, 0.2) is 0 Å². The van der Waals surface area contributed by atoms with E-state index in [4.69, 9.17) is 4.74 Å². The van der Waals surface area contributed by atoms with Gasteiger partial charge < -0.3 is 10.1 Å². The van der Waals surface area contributed by atoms with E-state index >= 15 is 0 Å². The van der Waals surface area contributed by atoms with E-state index in [0.29, 0.717) is 6.67 Å². The molecule has 1 spiro atoms. The van der Waals surface area contributed by atoms with Crippen molar-refractivity contribution in [3.8, 4) is 0 Å². The first kappa shape index (κ1) is 15.7. The molecule has 0 bridgehead atoms. The summed E-state index contributed by atoms with van der Waals surface area (Å²) < 4.78 is 5.72. The molecular formula is C16H27N3O3. The van der Waals surface area contributed by atoms with Gasteiger partial charge in [-0.1, -0.05) is 19.8 Å². The SMILES string of the molecule is C[C@@H]1CN(CN2C(=O)N[C@]3(CCCC[C@H]3C)C2=O)C[C@@H](C)O1. The number of amides is 3. The average Bonchev–Trinajstić information content (AvgIpc) is 2.67. The molecule has 6 nitrogen and oxygen atoms in total. The zero-order valence-corrected chi connectivity index (χ0v) is 13.8. The van der Waals surface area contributed by atoms with Gasteiger partial charge in [0.05, 0.1) is 18.9 Å². The zero-order chi connectivity index (χ0) is 15.9. The van der Waals surface area contributed by atoms with Crippen LogP contribution in [0, 0.1) is 5.92 Å². The molecule has 0 unspecified atom stereocenters. The quantitative estimate of drug-likeness (QED) is 0.786. The Labute approximate surface area is 132 Å². The first-order chi connectivity index (χ1) is 10.4. The highest BCUT2D eigenvalue weighted by Crippen LogP contribution is 2.38. The van der Waals surface area contributed by atoms with Crippen molar-refractivity contribution < 1.29 is 14.3 Å². The number of hydrogen-bond donors (Lipinski definition) is 1. The van der Waals surface area contributed by atoms with Gasteiger partial charge >= 0.3 is 6.03 Å². The summed E-state index contributed by atoms with van der Waals surface area (Å²) in [7, 11) is 0. The summed E-state index contributed by atoms with van der Waals surface area (Å²) in [5, 5.41) is 3.01. The molecule has 0 aromatic rings. The van der Waals surface area contributed by atoms with Crippen molar-refractivity contribution in [3.63, 3.8) is 0 Å². The van der Waals surface area contributed by atoms with Gasteiger partial charge in [-0.15, -0.1) is 0 Å². The Morgan fingerprint density at radius 1 is 1.18 bits per heavy atom. The standard InChI is InChI=1S/C16H27N3O3/c1-11-6-4-5-7-16(11)14(20)19(15(21)17-16)10-18-8-12(2)22-13(3)9-18/h11-13H,4-10H2,1-3H3,(H,17,21)/t11-,12-,13-,16+/m1/s1. The summed E-state index contributed by atoms with van der Waals surface area (Å²) in [5.74, 6) is 0.182. The number of ether oxygens (including phenoxy) is 1. The highest BCUT2D eigenvalue weighted by Gasteiger charge is 2.55. The molecule has 2 aliphatic heterocycles. The Bertz CT molecular complexity index is 460. The van der Waals surface area contributed by atoms with E-state index in [2.05, 4.69) is 17.1 Å². The van der Waals surface area contributed by atoms with Gasteiger partial charge in [0.15, 0.2) is 0 Å². The van der Waals surface area contributed by atoms with E-state index in [1.807, 2.05) is 13.8 Å². The Hall–Kier alpha value is -1.14. The van der Waals surface area contributed by atoms with E-state index in [9.17, 15) is 9.59 Å². The number of nitrogens with zero attached hydrogens (tertiary/aromatic N) is 2. The number of nitrogens with one attached hydrogen (secondary N) is 1. The summed E-state index contributed by atoms with van der Waals surface area (Å²) in [6.45, 7) is 8.02. The summed E-state index contributed by atoms with van der Waals surface area (Å²) >= 11 is 0. The van der Waals surface area contributed by atoms with Crippen LogP contribution in [-0.4, -0.2) is 59.2 Å². The molecule has 0 aromatic heterocycles. The molecule has 1 N–H and O–H groups in total. The van der Waals surface area contributed by atoms with Gasteiger partial charge in [0.1, 0.15) is 5.54 Å². The van der Waals surface area contributed by atoms with Crippen molar-refractivity contribution in [3.05, 3.63) is 0 Å². The lowest BCUT2D eigenvalue weighted by Crippen LogP contribution is -2.55. The third-order valence-electron chi connectivity index (χ3n) is 5.34. The Morgan fingerprint density at radius 3 is 2.50 bits per heavy atom. The number of morpholine rings is 1. The molecule has 0 aromatic carbocycles. The van der Waals surface area contributed by atoms with Crippen molar-refractivity contribution in [1.29, 1.82) is 0 Å².